The number of hydrogen-bond acceptors (Lipinski definition) is 8. The maximum atomic E-state index is 13.7. The van der Waals surface area contributed by atoms with Crippen LogP contribution in [-0.4, -0.2) is 43.5 Å². The standard InChI is InChI=1S/C26H30N4O5S/c1-16-11-18(34-5)13-19(12-16)35-21-7-6-8-22(29-21)36(32,33)20-9-10-28-25(23(20)24(27)31)30-15-17(2)14-26(30,3)4/h6-13,17H,14-15H2,1-5H3,(H2,27,31). The SMILES string of the molecule is COc1cc(C)cc(Oc2cccc(S(=O)(=O)c3ccnc(N4CC(C)CC4(C)C)c3C(N)=O)n2)c1. The van der Waals surface area contributed by atoms with Crippen molar-refractivity contribution in [3.63, 3.8) is 0 Å². The molecule has 0 radical (unpaired) electrons. The molecule has 36 heavy (non-hydrogen) atoms. The highest BCUT2D eigenvalue weighted by Crippen LogP contribution is 2.39. The summed E-state index contributed by atoms with van der Waals surface area (Å²) >= 11 is 0. The van der Waals surface area contributed by atoms with E-state index in [1.54, 1.807) is 25.3 Å². The summed E-state index contributed by atoms with van der Waals surface area (Å²) < 4.78 is 38.5. The molecule has 4 rings (SSSR count). The van der Waals surface area contributed by atoms with Crippen LogP contribution in [0.2, 0.25) is 0 Å². The number of carbonyl (C=O) groups excluding carboxylic acids is 1. The lowest BCUT2D eigenvalue weighted by molar-refractivity contribution is 0.0997. The molecule has 1 aliphatic heterocycles. The molecule has 2 N–H and O–H groups in total. The van der Waals surface area contributed by atoms with Crippen molar-refractivity contribution in [3.05, 3.63) is 59.8 Å². The second-order valence-corrected chi connectivity index (χ2v) is 11.6. The number of sulfone groups is 1. The van der Waals surface area contributed by atoms with Crippen LogP contribution in [0, 0.1) is 12.8 Å². The van der Waals surface area contributed by atoms with Gasteiger partial charge in [-0.05, 0) is 62.9 Å². The number of primary amides is 1. The fraction of sp³-hybridized carbons (Fsp3) is 0.346. The van der Waals surface area contributed by atoms with Gasteiger partial charge in [-0.2, -0.15) is 0 Å². The zero-order valence-electron chi connectivity index (χ0n) is 21.0. The van der Waals surface area contributed by atoms with Gasteiger partial charge in [0.25, 0.3) is 5.91 Å². The van der Waals surface area contributed by atoms with Crippen molar-refractivity contribution in [1.29, 1.82) is 0 Å². The number of nitrogens with zero attached hydrogens (tertiary/aromatic N) is 3. The number of nitrogens with two attached hydrogens (primary N) is 1. The molecule has 2 aromatic heterocycles. The lowest BCUT2D eigenvalue weighted by Gasteiger charge is -2.33. The molecular formula is C26H30N4O5S. The summed E-state index contributed by atoms with van der Waals surface area (Å²) in [5.41, 5.74) is 6.17. The van der Waals surface area contributed by atoms with E-state index in [9.17, 15) is 13.2 Å². The Morgan fingerprint density at radius 3 is 2.53 bits per heavy atom. The van der Waals surface area contributed by atoms with Crippen LogP contribution < -0.4 is 20.1 Å². The van der Waals surface area contributed by atoms with Crippen LogP contribution in [0.5, 0.6) is 17.4 Å². The van der Waals surface area contributed by atoms with E-state index in [1.807, 2.05) is 31.7 Å². The molecule has 1 amide bonds. The van der Waals surface area contributed by atoms with Crippen molar-refractivity contribution in [2.75, 3.05) is 18.6 Å². The Hall–Kier alpha value is -3.66. The summed E-state index contributed by atoms with van der Waals surface area (Å²) in [5.74, 6) is 0.863. The molecule has 10 heteroatoms. The third kappa shape index (κ3) is 4.86. The van der Waals surface area contributed by atoms with E-state index in [4.69, 9.17) is 15.2 Å². The van der Waals surface area contributed by atoms with Crippen molar-refractivity contribution in [1.82, 2.24) is 9.97 Å². The van der Waals surface area contributed by atoms with Crippen LogP contribution in [0.15, 0.2) is 58.6 Å². The van der Waals surface area contributed by atoms with Gasteiger partial charge in [0, 0.05) is 30.4 Å². The van der Waals surface area contributed by atoms with Gasteiger partial charge in [-0.1, -0.05) is 13.0 Å². The minimum Gasteiger partial charge on any atom is -0.497 e. The molecule has 1 aromatic carbocycles. The molecule has 0 saturated carbocycles. The average molecular weight is 511 g/mol. The summed E-state index contributed by atoms with van der Waals surface area (Å²) in [5, 5.41) is -0.270. The van der Waals surface area contributed by atoms with E-state index in [2.05, 4.69) is 16.9 Å². The average Bonchev–Trinajstić information content (AvgIpc) is 3.09. The normalized spacial score (nSPS) is 17.1. The highest BCUT2D eigenvalue weighted by molar-refractivity contribution is 7.91. The third-order valence-electron chi connectivity index (χ3n) is 6.21. The van der Waals surface area contributed by atoms with Crippen molar-refractivity contribution in [2.45, 2.75) is 49.6 Å². The Bertz CT molecular complexity index is 1420. The number of rotatable bonds is 7. The molecular weight excluding hydrogens is 480 g/mol. The minimum absolute atomic E-state index is 0.0770. The fourth-order valence-electron chi connectivity index (χ4n) is 4.78. The maximum absolute atomic E-state index is 13.7. The van der Waals surface area contributed by atoms with E-state index in [1.165, 1.54) is 24.4 Å². The number of aryl methyl sites for hydroxylation is 1. The first-order chi connectivity index (χ1) is 16.9. The first-order valence-electron chi connectivity index (χ1n) is 11.5. The number of benzene rings is 1. The number of anilines is 1. The smallest absolute Gasteiger partial charge is 0.253 e. The lowest BCUT2D eigenvalue weighted by atomic mass is 9.97. The Morgan fingerprint density at radius 2 is 1.89 bits per heavy atom. The summed E-state index contributed by atoms with van der Waals surface area (Å²) in [6.07, 6.45) is 2.25. The molecule has 1 saturated heterocycles. The first-order valence-corrected chi connectivity index (χ1v) is 13.0. The summed E-state index contributed by atoms with van der Waals surface area (Å²) in [4.78, 5) is 22.9. The second kappa shape index (κ2) is 9.42. The Balaban J connectivity index is 1.77. The van der Waals surface area contributed by atoms with E-state index in [0.717, 1.165) is 12.0 Å². The first kappa shape index (κ1) is 25.4. The number of methoxy groups -OCH3 is 1. The van der Waals surface area contributed by atoms with E-state index in [0.29, 0.717) is 24.0 Å². The van der Waals surface area contributed by atoms with Crippen molar-refractivity contribution < 1.29 is 22.7 Å². The molecule has 190 valence electrons. The van der Waals surface area contributed by atoms with Gasteiger partial charge in [0.1, 0.15) is 22.9 Å². The molecule has 3 heterocycles. The zero-order chi connectivity index (χ0) is 26.3. The Morgan fingerprint density at radius 1 is 1.17 bits per heavy atom. The molecule has 0 bridgehead atoms. The summed E-state index contributed by atoms with van der Waals surface area (Å²) in [6, 6.07) is 11.0. The predicted molar refractivity (Wildman–Crippen MR) is 135 cm³/mol. The zero-order valence-corrected chi connectivity index (χ0v) is 21.8. The van der Waals surface area contributed by atoms with Crippen LogP contribution in [-0.2, 0) is 9.84 Å². The van der Waals surface area contributed by atoms with Crippen LogP contribution in [0.4, 0.5) is 5.82 Å². The number of amides is 1. The summed E-state index contributed by atoms with van der Waals surface area (Å²) in [6.45, 7) is 8.69. The Labute approximate surface area is 211 Å². The van der Waals surface area contributed by atoms with Gasteiger partial charge >= 0.3 is 0 Å². The quantitative estimate of drug-likeness (QED) is 0.503. The molecule has 0 spiro atoms. The molecule has 1 atom stereocenters. The van der Waals surface area contributed by atoms with Gasteiger partial charge in [0.2, 0.25) is 15.7 Å². The molecule has 1 unspecified atom stereocenters. The van der Waals surface area contributed by atoms with Gasteiger partial charge < -0.3 is 20.1 Å². The fourth-order valence-corrected chi connectivity index (χ4v) is 6.17. The van der Waals surface area contributed by atoms with Crippen LogP contribution in [0.1, 0.15) is 43.1 Å². The molecule has 3 aromatic rings. The monoisotopic (exact) mass is 510 g/mol. The number of ether oxygens (including phenoxy) is 2. The summed E-state index contributed by atoms with van der Waals surface area (Å²) in [7, 11) is -2.69. The Kier molecular flexibility index (Phi) is 6.66. The lowest BCUT2D eigenvalue weighted by Crippen LogP contribution is -2.40. The van der Waals surface area contributed by atoms with Gasteiger partial charge in [-0.15, -0.1) is 0 Å². The van der Waals surface area contributed by atoms with Gasteiger partial charge in [0.15, 0.2) is 5.03 Å². The topological polar surface area (TPSA) is 125 Å². The van der Waals surface area contributed by atoms with E-state index < -0.39 is 15.7 Å². The largest absolute Gasteiger partial charge is 0.497 e. The van der Waals surface area contributed by atoms with E-state index >= 15 is 0 Å². The van der Waals surface area contributed by atoms with Crippen molar-refractivity contribution in [3.8, 4) is 17.4 Å². The minimum atomic E-state index is -4.24. The number of carbonyl (C=O) groups is 1. The highest BCUT2D eigenvalue weighted by atomic mass is 32.2. The molecule has 1 aliphatic rings. The molecule has 1 fully saturated rings. The van der Waals surface area contributed by atoms with Crippen molar-refractivity contribution in [2.24, 2.45) is 11.7 Å². The van der Waals surface area contributed by atoms with Crippen LogP contribution in [0.25, 0.3) is 0 Å². The number of pyridine rings is 2. The molecule has 0 aliphatic carbocycles. The van der Waals surface area contributed by atoms with Crippen molar-refractivity contribution >= 4 is 21.6 Å². The molecule has 9 nitrogen and oxygen atoms in total. The number of hydrogen-bond donors (Lipinski definition) is 1. The maximum Gasteiger partial charge on any atom is 0.253 e. The van der Waals surface area contributed by atoms with Gasteiger partial charge in [0.05, 0.1) is 12.0 Å². The van der Waals surface area contributed by atoms with Gasteiger partial charge in [-0.25, -0.2) is 18.4 Å². The van der Waals surface area contributed by atoms with Crippen LogP contribution in [0.3, 0.4) is 0 Å². The third-order valence-corrected chi connectivity index (χ3v) is 7.91. The highest BCUT2D eigenvalue weighted by Gasteiger charge is 2.40. The second-order valence-electron chi connectivity index (χ2n) is 9.71. The van der Waals surface area contributed by atoms with Crippen LogP contribution >= 0.6 is 0 Å². The van der Waals surface area contributed by atoms with E-state index in [-0.39, 0.29) is 32.7 Å². The predicted octanol–water partition coefficient (Wildman–Crippen LogP) is 4.14. The van der Waals surface area contributed by atoms with Gasteiger partial charge in [-0.3, -0.25) is 4.79 Å². The number of aromatic nitrogens is 2.